The number of aromatic hydroxyl groups is 1. The number of fused-ring (bicyclic) bond motifs is 1. The van der Waals surface area contributed by atoms with Crippen LogP contribution in [0.2, 0.25) is 0 Å². The number of phenols is 1. The van der Waals surface area contributed by atoms with Gasteiger partial charge in [-0.3, -0.25) is 0 Å². The lowest BCUT2D eigenvalue weighted by atomic mass is 9.92. The van der Waals surface area contributed by atoms with Crippen molar-refractivity contribution in [3.63, 3.8) is 0 Å². The molecule has 1 unspecified atom stereocenters. The number of nitrogens with zero attached hydrogens (tertiary/aromatic N) is 1. The Labute approximate surface area is 125 Å². The van der Waals surface area contributed by atoms with E-state index in [0.29, 0.717) is 11.8 Å². The first-order chi connectivity index (χ1) is 10.2. The zero-order valence-electron chi connectivity index (χ0n) is 12.5. The first-order valence-electron chi connectivity index (χ1n) is 7.35. The van der Waals surface area contributed by atoms with Crippen LogP contribution < -0.4 is 9.64 Å². The van der Waals surface area contributed by atoms with E-state index in [0.717, 1.165) is 24.8 Å². The molecule has 0 saturated carbocycles. The summed E-state index contributed by atoms with van der Waals surface area (Å²) in [5.41, 5.74) is 3.89. The van der Waals surface area contributed by atoms with Crippen molar-refractivity contribution >= 4 is 5.69 Å². The normalized spacial score (nSPS) is 17.4. The van der Waals surface area contributed by atoms with Gasteiger partial charge in [-0.25, -0.2) is 0 Å². The van der Waals surface area contributed by atoms with Crippen LogP contribution in [0.3, 0.4) is 0 Å². The smallest absolute Gasteiger partial charge is 0.160 e. The summed E-state index contributed by atoms with van der Waals surface area (Å²) in [6.45, 7) is 0. The fourth-order valence-electron chi connectivity index (χ4n) is 3.15. The molecular weight excluding hydrogens is 262 g/mol. The Morgan fingerprint density at radius 1 is 1.24 bits per heavy atom. The zero-order valence-corrected chi connectivity index (χ0v) is 12.5. The van der Waals surface area contributed by atoms with Crippen LogP contribution in [0.1, 0.15) is 17.5 Å². The van der Waals surface area contributed by atoms with Gasteiger partial charge >= 0.3 is 0 Å². The van der Waals surface area contributed by atoms with Crippen LogP contribution in [-0.2, 0) is 12.8 Å². The predicted octanol–water partition coefficient (Wildman–Crippen LogP) is 3.39. The van der Waals surface area contributed by atoms with Gasteiger partial charge in [-0.2, -0.15) is 0 Å². The molecule has 0 amide bonds. The summed E-state index contributed by atoms with van der Waals surface area (Å²) in [5.74, 6) is 0.745. The largest absolute Gasteiger partial charge is 0.504 e. The average Bonchev–Trinajstić information content (AvgIpc) is 2.51. The van der Waals surface area contributed by atoms with Gasteiger partial charge in [-0.05, 0) is 48.6 Å². The lowest BCUT2D eigenvalue weighted by Gasteiger charge is -2.36. The Morgan fingerprint density at radius 3 is 2.81 bits per heavy atom. The molecule has 1 atom stereocenters. The van der Waals surface area contributed by atoms with Crippen LogP contribution in [0.25, 0.3) is 0 Å². The molecule has 0 spiro atoms. The molecule has 0 aliphatic carbocycles. The number of anilines is 1. The monoisotopic (exact) mass is 283 g/mol. The number of hydrogen-bond acceptors (Lipinski definition) is 3. The van der Waals surface area contributed by atoms with Gasteiger partial charge in [-0.15, -0.1) is 0 Å². The number of likely N-dealkylation sites (N-methyl/N-ethyl adjacent to an activating group) is 1. The maximum atomic E-state index is 9.91. The molecule has 0 radical (unpaired) electrons. The van der Waals surface area contributed by atoms with E-state index in [1.54, 1.807) is 7.11 Å². The first kappa shape index (κ1) is 13.8. The minimum Gasteiger partial charge on any atom is -0.504 e. The van der Waals surface area contributed by atoms with E-state index in [-0.39, 0.29) is 5.75 Å². The third kappa shape index (κ3) is 2.68. The molecule has 0 fully saturated rings. The Kier molecular flexibility index (Phi) is 3.74. The molecule has 110 valence electrons. The summed E-state index contributed by atoms with van der Waals surface area (Å²) in [6.07, 6.45) is 3.19. The van der Waals surface area contributed by atoms with E-state index in [9.17, 15) is 5.11 Å². The maximum Gasteiger partial charge on any atom is 0.160 e. The molecule has 2 aromatic carbocycles. The fraction of sp³-hybridized carbons (Fsp3) is 0.333. The second-order valence-electron chi connectivity index (χ2n) is 5.64. The standard InChI is InChI=1S/C18H21NO2/c1-19-15(9-8-14-5-3-4-6-16(14)19)11-13-7-10-18(21-2)17(20)12-13/h3-7,10,12,15,20H,8-9,11H2,1-2H3. The van der Waals surface area contributed by atoms with Crippen molar-refractivity contribution in [2.75, 3.05) is 19.1 Å². The molecule has 0 saturated heterocycles. The van der Waals surface area contributed by atoms with Crippen molar-refractivity contribution < 1.29 is 9.84 Å². The molecule has 3 nitrogen and oxygen atoms in total. The second kappa shape index (κ2) is 5.68. The van der Waals surface area contributed by atoms with Gasteiger partial charge in [0.05, 0.1) is 7.11 Å². The quantitative estimate of drug-likeness (QED) is 0.937. The topological polar surface area (TPSA) is 32.7 Å². The van der Waals surface area contributed by atoms with Gasteiger partial charge in [0.2, 0.25) is 0 Å². The Balaban J connectivity index is 1.79. The highest BCUT2D eigenvalue weighted by atomic mass is 16.5. The van der Waals surface area contributed by atoms with Crippen LogP contribution in [0, 0.1) is 0 Å². The average molecular weight is 283 g/mol. The molecule has 1 aliphatic heterocycles. The highest BCUT2D eigenvalue weighted by Crippen LogP contribution is 2.32. The molecule has 21 heavy (non-hydrogen) atoms. The van der Waals surface area contributed by atoms with E-state index in [1.165, 1.54) is 11.3 Å². The Bertz CT molecular complexity index is 639. The number of rotatable bonds is 3. The van der Waals surface area contributed by atoms with Gasteiger partial charge in [0.25, 0.3) is 0 Å². The molecule has 3 heteroatoms. The fourth-order valence-corrected chi connectivity index (χ4v) is 3.15. The maximum absolute atomic E-state index is 9.91. The van der Waals surface area contributed by atoms with Crippen LogP contribution in [0.4, 0.5) is 5.69 Å². The van der Waals surface area contributed by atoms with Gasteiger partial charge in [-0.1, -0.05) is 24.3 Å². The lowest BCUT2D eigenvalue weighted by molar-refractivity contribution is 0.373. The number of aryl methyl sites for hydroxylation is 1. The van der Waals surface area contributed by atoms with Gasteiger partial charge < -0.3 is 14.7 Å². The molecule has 1 heterocycles. The van der Waals surface area contributed by atoms with Gasteiger partial charge in [0.15, 0.2) is 11.5 Å². The molecular formula is C18H21NO2. The summed E-state index contributed by atoms with van der Waals surface area (Å²) < 4.78 is 5.10. The van der Waals surface area contributed by atoms with Crippen molar-refractivity contribution in [1.82, 2.24) is 0 Å². The number of phenolic OH excluding ortho intramolecular Hbond substituents is 1. The van der Waals surface area contributed by atoms with Crippen molar-refractivity contribution in [3.8, 4) is 11.5 Å². The number of ether oxygens (including phenoxy) is 1. The summed E-state index contributed by atoms with van der Waals surface area (Å²) in [5, 5.41) is 9.91. The number of hydrogen-bond donors (Lipinski definition) is 1. The minimum atomic E-state index is 0.217. The highest BCUT2D eigenvalue weighted by molar-refractivity contribution is 5.56. The number of methoxy groups -OCH3 is 1. The van der Waals surface area contributed by atoms with E-state index in [4.69, 9.17) is 4.74 Å². The minimum absolute atomic E-state index is 0.217. The Morgan fingerprint density at radius 2 is 2.05 bits per heavy atom. The van der Waals surface area contributed by atoms with E-state index in [1.807, 2.05) is 18.2 Å². The highest BCUT2D eigenvalue weighted by Gasteiger charge is 2.23. The van der Waals surface area contributed by atoms with Crippen molar-refractivity contribution in [2.24, 2.45) is 0 Å². The van der Waals surface area contributed by atoms with Crippen LogP contribution in [-0.4, -0.2) is 25.3 Å². The van der Waals surface area contributed by atoms with E-state index in [2.05, 4.69) is 36.2 Å². The SMILES string of the molecule is COc1ccc(CC2CCc3ccccc3N2C)cc1O. The van der Waals surface area contributed by atoms with Crippen LogP contribution in [0.15, 0.2) is 42.5 Å². The first-order valence-corrected chi connectivity index (χ1v) is 7.35. The molecule has 2 aromatic rings. The van der Waals surface area contributed by atoms with Crippen LogP contribution >= 0.6 is 0 Å². The summed E-state index contributed by atoms with van der Waals surface area (Å²) in [6, 6.07) is 14.7. The van der Waals surface area contributed by atoms with Gasteiger partial charge in [0, 0.05) is 18.8 Å². The van der Waals surface area contributed by atoms with Crippen molar-refractivity contribution in [3.05, 3.63) is 53.6 Å². The van der Waals surface area contributed by atoms with Crippen molar-refractivity contribution in [2.45, 2.75) is 25.3 Å². The summed E-state index contributed by atoms with van der Waals surface area (Å²) >= 11 is 0. The zero-order chi connectivity index (χ0) is 14.8. The summed E-state index contributed by atoms with van der Waals surface area (Å²) in [4.78, 5) is 2.36. The molecule has 1 N–H and O–H groups in total. The van der Waals surface area contributed by atoms with E-state index >= 15 is 0 Å². The molecule has 0 bridgehead atoms. The second-order valence-corrected chi connectivity index (χ2v) is 5.64. The van der Waals surface area contributed by atoms with E-state index < -0.39 is 0 Å². The van der Waals surface area contributed by atoms with Gasteiger partial charge in [0.1, 0.15) is 0 Å². The number of benzene rings is 2. The van der Waals surface area contributed by atoms with Crippen LogP contribution in [0.5, 0.6) is 11.5 Å². The molecule has 0 aromatic heterocycles. The third-order valence-corrected chi connectivity index (χ3v) is 4.38. The predicted molar refractivity (Wildman–Crippen MR) is 85.3 cm³/mol. The molecule has 3 rings (SSSR count). The third-order valence-electron chi connectivity index (χ3n) is 4.38. The lowest BCUT2D eigenvalue weighted by Crippen LogP contribution is -2.37. The van der Waals surface area contributed by atoms with Crippen molar-refractivity contribution in [1.29, 1.82) is 0 Å². The molecule has 1 aliphatic rings. The Hall–Kier alpha value is -2.16. The summed E-state index contributed by atoms with van der Waals surface area (Å²) in [7, 11) is 3.73. The number of para-hydroxylation sites is 1.